The first-order valence-electron chi connectivity index (χ1n) is 7.65. The molecule has 0 bridgehead atoms. The Kier molecular flexibility index (Phi) is 4.76. The third-order valence-corrected chi connectivity index (χ3v) is 4.49. The van der Waals surface area contributed by atoms with Gasteiger partial charge < -0.3 is 0 Å². The van der Waals surface area contributed by atoms with Crippen LogP contribution in [0.25, 0.3) is 23.0 Å². The van der Waals surface area contributed by atoms with Crippen molar-refractivity contribution in [3.05, 3.63) is 76.4 Å². The van der Waals surface area contributed by atoms with E-state index in [2.05, 4.69) is 35.0 Å². The molecule has 1 aromatic heterocycles. The first kappa shape index (κ1) is 16.4. The van der Waals surface area contributed by atoms with Crippen molar-refractivity contribution in [3.8, 4) is 16.9 Å². The Labute approximate surface area is 149 Å². The average molecular weight is 381 g/mol. The largest absolute Gasteiger partial charge is 0.294 e. The molecule has 0 saturated carbocycles. The van der Waals surface area contributed by atoms with E-state index in [4.69, 9.17) is 5.10 Å². The van der Waals surface area contributed by atoms with Crippen molar-refractivity contribution in [3.63, 3.8) is 0 Å². The van der Waals surface area contributed by atoms with Crippen molar-refractivity contribution in [1.29, 1.82) is 0 Å². The van der Waals surface area contributed by atoms with E-state index in [0.717, 1.165) is 22.5 Å². The van der Waals surface area contributed by atoms with E-state index in [-0.39, 0.29) is 5.78 Å². The molecule has 0 aliphatic rings. The van der Waals surface area contributed by atoms with E-state index in [1.54, 1.807) is 0 Å². The molecular formula is C20H17BrN2O. The zero-order valence-corrected chi connectivity index (χ0v) is 15.1. The van der Waals surface area contributed by atoms with E-state index >= 15 is 0 Å². The summed E-state index contributed by atoms with van der Waals surface area (Å²) in [5.41, 5.74) is 4.93. The minimum absolute atomic E-state index is 0.0164. The molecular weight excluding hydrogens is 364 g/mol. The lowest BCUT2D eigenvalue weighted by Gasteiger charge is -2.01. The lowest BCUT2D eigenvalue weighted by atomic mass is 10.1. The predicted octanol–water partition coefficient (Wildman–Crippen LogP) is 5.17. The molecule has 0 spiro atoms. The van der Waals surface area contributed by atoms with Gasteiger partial charge in [-0.3, -0.25) is 4.79 Å². The summed E-state index contributed by atoms with van der Waals surface area (Å²) in [6.45, 7) is 3.59. The van der Waals surface area contributed by atoms with Crippen molar-refractivity contribution in [2.75, 3.05) is 0 Å². The summed E-state index contributed by atoms with van der Waals surface area (Å²) in [7, 11) is 0. The van der Waals surface area contributed by atoms with Crippen molar-refractivity contribution in [2.45, 2.75) is 13.8 Å². The summed E-state index contributed by atoms with van der Waals surface area (Å²) in [6, 6.07) is 18.1. The van der Waals surface area contributed by atoms with Gasteiger partial charge in [0.25, 0.3) is 0 Å². The van der Waals surface area contributed by atoms with Gasteiger partial charge in [-0.15, -0.1) is 0 Å². The molecule has 3 aromatic rings. The topological polar surface area (TPSA) is 34.9 Å². The maximum atomic E-state index is 11.6. The lowest BCUT2D eigenvalue weighted by molar-refractivity contribution is -0.112. The number of para-hydroxylation sites is 1. The van der Waals surface area contributed by atoms with Crippen LogP contribution in [0.15, 0.2) is 65.3 Å². The number of benzene rings is 2. The Balaban J connectivity index is 2.15. The summed E-state index contributed by atoms with van der Waals surface area (Å²) in [5, 5.41) is 4.73. The van der Waals surface area contributed by atoms with Crippen molar-refractivity contribution in [1.82, 2.24) is 9.78 Å². The third-order valence-electron chi connectivity index (χ3n) is 3.71. The summed E-state index contributed by atoms with van der Waals surface area (Å²) in [6.07, 6.45) is 3.76. The van der Waals surface area contributed by atoms with Gasteiger partial charge in [0.15, 0.2) is 5.78 Å². The van der Waals surface area contributed by atoms with E-state index in [1.807, 2.05) is 59.4 Å². The molecule has 4 heteroatoms. The van der Waals surface area contributed by atoms with Gasteiger partial charge in [-0.2, -0.15) is 5.10 Å². The van der Waals surface area contributed by atoms with Gasteiger partial charge in [-0.1, -0.05) is 48.0 Å². The number of aromatic nitrogens is 2. The molecule has 0 saturated heterocycles. The second-order valence-corrected chi connectivity index (χ2v) is 6.48. The average Bonchev–Trinajstić information content (AvgIpc) is 3.00. The van der Waals surface area contributed by atoms with E-state index in [0.29, 0.717) is 4.48 Å². The van der Waals surface area contributed by atoms with Crippen LogP contribution in [-0.4, -0.2) is 15.6 Å². The highest BCUT2D eigenvalue weighted by molar-refractivity contribution is 9.12. The van der Waals surface area contributed by atoms with Gasteiger partial charge in [0.05, 0.1) is 15.9 Å². The van der Waals surface area contributed by atoms with E-state index in [9.17, 15) is 4.79 Å². The molecule has 0 unspecified atom stereocenters. The smallest absolute Gasteiger partial charge is 0.166 e. The van der Waals surface area contributed by atoms with Crippen molar-refractivity contribution in [2.24, 2.45) is 0 Å². The molecule has 24 heavy (non-hydrogen) atoms. The Morgan fingerprint density at radius 1 is 1.08 bits per heavy atom. The summed E-state index contributed by atoms with van der Waals surface area (Å²) < 4.78 is 2.37. The van der Waals surface area contributed by atoms with Crippen molar-refractivity contribution < 1.29 is 4.79 Å². The predicted molar refractivity (Wildman–Crippen MR) is 101 cm³/mol. The van der Waals surface area contributed by atoms with Gasteiger partial charge >= 0.3 is 0 Å². The van der Waals surface area contributed by atoms with Gasteiger partial charge in [0.1, 0.15) is 0 Å². The Morgan fingerprint density at radius 2 is 1.75 bits per heavy atom. The first-order valence-corrected chi connectivity index (χ1v) is 8.44. The number of hydrogen-bond donors (Lipinski definition) is 0. The molecule has 0 radical (unpaired) electrons. The van der Waals surface area contributed by atoms with Crippen LogP contribution in [0.1, 0.15) is 18.1 Å². The van der Waals surface area contributed by atoms with Crippen LogP contribution in [0.3, 0.4) is 0 Å². The van der Waals surface area contributed by atoms with Crippen LogP contribution in [0.5, 0.6) is 0 Å². The minimum Gasteiger partial charge on any atom is -0.294 e. The lowest BCUT2D eigenvalue weighted by Crippen LogP contribution is -1.93. The zero-order chi connectivity index (χ0) is 17.1. The standard InChI is InChI=1S/C20H17BrN2O/c1-14-8-10-16(11-9-14)20-17(12-19(21)15(2)24)13-23(22-20)18-6-4-3-5-7-18/h3-13H,1-2H3/b19-12-. The highest BCUT2D eigenvalue weighted by Crippen LogP contribution is 2.27. The Morgan fingerprint density at radius 3 is 2.38 bits per heavy atom. The molecule has 120 valence electrons. The summed E-state index contributed by atoms with van der Waals surface area (Å²) in [4.78, 5) is 11.6. The number of carbonyl (C=O) groups is 1. The molecule has 0 N–H and O–H groups in total. The number of rotatable bonds is 4. The number of allylic oxidation sites excluding steroid dienone is 1. The van der Waals surface area contributed by atoms with Crippen LogP contribution < -0.4 is 0 Å². The van der Waals surface area contributed by atoms with E-state index in [1.165, 1.54) is 12.5 Å². The van der Waals surface area contributed by atoms with Crippen LogP contribution in [0.4, 0.5) is 0 Å². The fraction of sp³-hybridized carbons (Fsp3) is 0.100. The van der Waals surface area contributed by atoms with Gasteiger partial charge in [-0.25, -0.2) is 4.68 Å². The highest BCUT2D eigenvalue weighted by atomic mass is 79.9. The van der Waals surface area contributed by atoms with Crippen LogP contribution in [-0.2, 0) is 4.79 Å². The van der Waals surface area contributed by atoms with Gasteiger partial charge in [-0.05, 0) is 48.0 Å². The van der Waals surface area contributed by atoms with Crippen molar-refractivity contribution >= 4 is 27.8 Å². The van der Waals surface area contributed by atoms with Gasteiger partial charge in [0, 0.05) is 17.3 Å². The number of nitrogens with zero attached hydrogens (tertiary/aromatic N) is 2. The van der Waals surface area contributed by atoms with Gasteiger partial charge in [0.2, 0.25) is 0 Å². The molecule has 0 aliphatic carbocycles. The molecule has 0 atom stereocenters. The molecule has 3 nitrogen and oxygen atoms in total. The van der Waals surface area contributed by atoms with Crippen LogP contribution in [0, 0.1) is 6.92 Å². The molecule has 1 heterocycles. The number of carbonyl (C=O) groups excluding carboxylic acids is 1. The zero-order valence-electron chi connectivity index (χ0n) is 13.5. The third kappa shape index (κ3) is 3.54. The normalized spacial score (nSPS) is 11.5. The number of ketones is 1. The van der Waals surface area contributed by atoms with Crippen LogP contribution >= 0.6 is 15.9 Å². The number of halogens is 1. The quantitative estimate of drug-likeness (QED) is 0.585. The second kappa shape index (κ2) is 6.97. The maximum absolute atomic E-state index is 11.6. The fourth-order valence-electron chi connectivity index (χ4n) is 2.38. The number of aryl methyl sites for hydroxylation is 1. The Bertz CT molecular complexity index is 893. The monoisotopic (exact) mass is 380 g/mol. The molecule has 0 amide bonds. The molecule has 0 fully saturated rings. The second-order valence-electron chi connectivity index (χ2n) is 5.63. The van der Waals surface area contributed by atoms with E-state index < -0.39 is 0 Å². The van der Waals surface area contributed by atoms with Crippen LogP contribution in [0.2, 0.25) is 0 Å². The minimum atomic E-state index is -0.0164. The molecule has 0 aliphatic heterocycles. The summed E-state index contributed by atoms with van der Waals surface area (Å²) in [5.74, 6) is -0.0164. The highest BCUT2D eigenvalue weighted by Gasteiger charge is 2.12. The first-order chi connectivity index (χ1) is 11.5. The Hall–Kier alpha value is -2.46. The number of Topliss-reactive ketones (excluding diaryl/α,β-unsaturated/α-hetero) is 1. The maximum Gasteiger partial charge on any atom is 0.166 e. The molecule has 3 rings (SSSR count). The SMILES string of the molecule is CC(=O)/C(Br)=C/c1cn(-c2ccccc2)nc1-c1ccc(C)cc1. The number of hydrogen-bond acceptors (Lipinski definition) is 2. The fourth-order valence-corrected chi connectivity index (χ4v) is 2.63. The molecule has 2 aromatic carbocycles. The summed E-state index contributed by atoms with van der Waals surface area (Å²) >= 11 is 3.34.